The molecule has 0 saturated carbocycles. The van der Waals surface area contributed by atoms with E-state index in [1.807, 2.05) is 0 Å². The summed E-state index contributed by atoms with van der Waals surface area (Å²) in [5, 5.41) is 10.0. The minimum absolute atomic E-state index is 0.132. The standard InChI is InChI=1S/C11H12BrF2NO3/c1-2-18-9(16)3-6-7(11(13)14)5-15-8(4-12)10(6)17/h5,11,17H,2-4H2,1H3. The summed E-state index contributed by atoms with van der Waals surface area (Å²) in [6.07, 6.45) is -2.24. The van der Waals surface area contributed by atoms with Gasteiger partial charge in [0.05, 0.1) is 18.7 Å². The first kappa shape index (κ1) is 14.8. The van der Waals surface area contributed by atoms with Gasteiger partial charge in [0.15, 0.2) is 0 Å². The predicted octanol–water partition coefficient (Wildman–Crippen LogP) is 2.73. The molecule has 0 aliphatic heterocycles. The molecule has 0 aliphatic rings. The van der Waals surface area contributed by atoms with Crippen LogP contribution >= 0.6 is 15.9 Å². The molecule has 0 radical (unpaired) electrons. The second kappa shape index (κ2) is 6.63. The van der Waals surface area contributed by atoms with Crippen molar-refractivity contribution in [1.29, 1.82) is 0 Å². The van der Waals surface area contributed by atoms with Crippen LogP contribution < -0.4 is 0 Å². The Kier molecular flexibility index (Phi) is 5.46. The van der Waals surface area contributed by atoms with Crippen LogP contribution in [0.2, 0.25) is 0 Å². The predicted molar refractivity (Wildman–Crippen MR) is 63.8 cm³/mol. The number of alkyl halides is 3. The molecule has 0 aliphatic carbocycles. The summed E-state index contributed by atoms with van der Waals surface area (Å²) in [7, 11) is 0. The zero-order valence-electron chi connectivity index (χ0n) is 9.62. The Hall–Kier alpha value is -1.24. The number of aromatic hydroxyl groups is 1. The smallest absolute Gasteiger partial charge is 0.310 e. The average molecular weight is 324 g/mol. The average Bonchev–Trinajstić information content (AvgIpc) is 2.31. The Morgan fingerprint density at radius 2 is 2.28 bits per heavy atom. The lowest BCUT2D eigenvalue weighted by molar-refractivity contribution is -0.142. The fourth-order valence-electron chi connectivity index (χ4n) is 1.43. The van der Waals surface area contributed by atoms with Crippen molar-refractivity contribution < 1.29 is 23.4 Å². The fraction of sp³-hybridized carbons (Fsp3) is 0.455. The topological polar surface area (TPSA) is 59.4 Å². The molecule has 1 heterocycles. The van der Waals surface area contributed by atoms with Gasteiger partial charge >= 0.3 is 5.97 Å². The summed E-state index contributed by atoms with van der Waals surface area (Å²) in [6, 6.07) is 0. The molecule has 0 bridgehead atoms. The molecule has 0 saturated heterocycles. The minimum atomic E-state index is -2.81. The number of nitrogens with zero attached hydrogens (tertiary/aromatic N) is 1. The van der Waals surface area contributed by atoms with Crippen molar-refractivity contribution in [3.8, 4) is 5.75 Å². The third kappa shape index (κ3) is 3.38. The monoisotopic (exact) mass is 323 g/mol. The molecule has 0 atom stereocenters. The number of hydrogen-bond acceptors (Lipinski definition) is 4. The second-order valence-corrected chi connectivity index (χ2v) is 3.96. The molecular weight excluding hydrogens is 312 g/mol. The molecule has 0 amide bonds. The molecular formula is C11H12BrF2NO3. The number of rotatable bonds is 5. The zero-order valence-corrected chi connectivity index (χ0v) is 11.2. The number of halogens is 3. The first-order valence-corrected chi connectivity index (χ1v) is 6.32. The lowest BCUT2D eigenvalue weighted by atomic mass is 10.0. The number of aromatic nitrogens is 1. The summed E-state index contributed by atoms with van der Waals surface area (Å²) in [4.78, 5) is 15.0. The maximum Gasteiger partial charge on any atom is 0.310 e. The highest BCUT2D eigenvalue weighted by molar-refractivity contribution is 9.08. The highest BCUT2D eigenvalue weighted by atomic mass is 79.9. The summed E-state index contributed by atoms with van der Waals surface area (Å²) >= 11 is 3.07. The maximum absolute atomic E-state index is 12.8. The van der Waals surface area contributed by atoms with Crippen LogP contribution in [0.15, 0.2) is 6.20 Å². The van der Waals surface area contributed by atoms with E-state index in [0.29, 0.717) is 0 Å². The lowest BCUT2D eigenvalue weighted by Crippen LogP contribution is -2.11. The van der Waals surface area contributed by atoms with Crippen molar-refractivity contribution in [1.82, 2.24) is 4.98 Å². The first-order chi connectivity index (χ1) is 8.51. The number of pyridine rings is 1. The van der Waals surface area contributed by atoms with Crippen molar-refractivity contribution >= 4 is 21.9 Å². The minimum Gasteiger partial charge on any atom is -0.506 e. The van der Waals surface area contributed by atoms with E-state index in [4.69, 9.17) is 0 Å². The Bertz CT molecular complexity index is 441. The quantitative estimate of drug-likeness (QED) is 0.668. The number of ether oxygens (including phenoxy) is 1. The van der Waals surface area contributed by atoms with Crippen molar-refractivity contribution in [3.63, 3.8) is 0 Å². The van der Waals surface area contributed by atoms with Gasteiger partial charge in [-0.15, -0.1) is 0 Å². The summed E-state index contributed by atoms with van der Waals surface area (Å²) in [6.45, 7) is 1.77. The molecule has 18 heavy (non-hydrogen) atoms. The van der Waals surface area contributed by atoms with Gasteiger partial charge in [-0.1, -0.05) is 15.9 Å². The Balaban J connectivity index is 3.15. The molecule has 100 valence electrons. The van der Waals surface area contributed by atoms with E-state index in [1.54, 1.807) is 6.92 Å². The van der Waals surface area contributed by atoms with Crippen LogP contribution in [0.3, 0.4) is 0 Å². The second-order valence-electron chi connectivity index (χ2n) is 3.40. The van der Waals surface area contributed by atoms with Crippen LogP contribution in [0.1, 0.15) is 30.2 Å². The molecule has 1 aromatic rings. The van der Waals surface area contributed by atoms with Crippen LogP contribution in [0.25, 0.3) is 0 Å². The number of hydrogen-bond donors (Lipinski definition) is 1. The van der Waals surface area contributed by atoms with E-state index < -0.39 is 30.1 Å². The highest BCUT2D eigenvalue weighted by Crippen LogP contribution is 2.32. The van der Waals surface area contributed by atoms with E-state index in [9.17, 15) is 18.7 Å². The lowest BCUT2D eigenvalue weighted by Gasteiger charge is -2.12. The van der Waals surface area contributed by atoms with Gasteiger partial charge < -0.3 is 9.84 Å². The van der Waals surface area contributed by atoms with E-state index in [0.717, 1.165) is 6.20 Å². The van der Waals surface area contributed by atoms with Crippen LogP contribution in [-0.2, 0) is 21.3 Å². The third-order valence-corrected chi connectivity index (χ3v) is 2.79. The van der Waals surface area contributed by atoms with Gasteiger partial charge in [-0.05, 0) is 6.92 Å². The van der Waals surface area contributed by atoms with Gasteiger partial charge in [-0.2, -0.15) is 0 Å². The van der Waals surface area contributed by atoms with Gasteiger partial charge in [0.1, 0.15) is 5.75 Å². The van der Waals surface area contributed by atoms with Gasteiger partial charge in [0.2, 0.25) is 0 Å². The van der Waals surface area contributed by atoms with Gasteiger partial charge in [0, 0.05) is 22.7 Å². The molecule has 4 nitrogen and oxygen atoms in total. The Morgan fingerprint density at radius 1 is 1.61 bits per heavy atom. The molecule has 0 spiro atoms. The Morgan fingerprint density at radius 3 is 2.78 bits per heavy atom. The van der Waals surface area contributed by atoms with E-state index in [1.165, 1.54) is 0 Å². The van der Waals surface area contributed by atoms with Gasteiger partial charge in [-0.25, -0.2) is 8.78 Å². The van der Waals surface area contributed by atoms with E-state index in [-0.39, 0.29) is 23.2 Å². The molecule has 0 aromatic carbocycles. The number of esters is 1. The zero-order chi connectivity index (χ0) is 13.7. The van der Waals surface area contributed by atoms with Crippen molar-refractivity contribution in [2.24, 2.45) is 0 Å². The van der Waals surface area contributed by atoms with Crippen molar-refractivity contribution in [2.75, 3.05) is 6.61 Å². The van der Waals surface area contributed by atoms with Gasteiger partial charge in [-0.3, -0.25) is 9.78 Å². The van der Waals surface area contributed by atoms with E-state index in [2.05, 4.69) is 25.7 Å². The number of carbonyl (C=O) groups excluding carboxylic acids is 1. The molecule has 1 N–H and O–H groups in total. The van der Waals surface area contributed by atoms with Crippen molar-refractivity contribution in [3.05, 3.63) is 23.0 Å². The number of carbonyl (C=O) groups is 1. The normalized spacial score (nSPS) is 10.7. The first-order valence-electron chi connectivity index (χ1n) is 5.20. The SMILES string of the molecule is CCOC(=O)Cc1c(C(F)F)cnc(CBr)c1O. The molecule has 1 aromatic heterocycles. The van der Waals surface area contributed by atoms with Crippen LogP contribution in [-0.4, -0.2) is 22.7 Å². The van der Waals surface area contributed by atoms with Crippen LogP contribution in [0.5, 0.6) is 5.75 Å². The summed E-state index contributed by atoms with van der Waals surface area (Å²) in [5.41, 5.74) is -0.378. The highest BCUT2D eigenvalue weighted by Gasteiger charge is 2.22. The van der Waals surface area contributed by atoms with Crippen LogP contribution in [0, 0.1) is 0 Å². The summed E-state index contributed by atoms with van der Waals surface area (Å²) in [5.74, 6) is -1.06. The molecule has 0 unspecified atom stereocenters. The van der Waals surface area contributed by atoms with Gasteiger partial charge in [0.25, 0.3) is 6.43 Å². The van der Waals surface area contributed by atoms with Crippen molar-refractivity contribution in [2.45, 2.75) is 25.1 Å². The van der Waals surface area contributed by atoms with E-state index >= 15 is 0 Å². The third-order valence-electron chi connectivity index (χ3n) is 2.26. The largest absolute Gasteiger partial charge is 0.506 e. The fourth-order valence-corrected chi connectivity index (χ4v) is 1.84. The maximum atomic E-state index is 12.8. The molecule has 1 rings (SSSR count). The molecule has 0 fully saturated rings. The molecule has 7 heteroatoms. The summed E-state index contributed by atoms with van der Waals surface area (Å²) < 4.78 is 30.2. The van der Waals surface area contributed by atoms with Crippen LogP contribution in [0.4, 0.5) is 8.78 Å². The Labute approximate surface area is 111 Å².